The van der Waals surface area contributed by atoms with Crippen molar-refractivity contribution >= 4 is 0 Å². The lowest BCUT2D eigenvalue weighted by Gasteiger charge is -2.18. The Hall–Kier alpha value is -0.500. The van der Waals surface area contributed by atoms with Crippen molar-refractivity contribution in [2.75, 3.05) is 0 Å². The van der Waals surface area contributed by atoms with E-state index in [1.807, 2.05) is 0 Å². The minimum Gasteiger partial charge on any atom is -0.346 e. The Morgan fingerprint density at radius 1 is 1.40 bits per heavy atom. The second-order valence-electron chi connectivity index (χ2n) is 3.30. The highest BCUT2D eigenvalue weighted by Crippen LogP contribution is 2.35. The molecule has 2 aliphatic rings. The molecule has 2 rings (SSSR count). The molecule has 0 amide bonds. The van der Waals surface area contributed by atoms with Gasteiger partial charge in [0.1, 0.15) is 12.4 Å². The molecular formula is C8H12O2. The summed E-state index contributed by atoms with van der Waals surface area (Å²) in [5.74, 6) is 1.41. The largest absolute Gasteiger partial charge is 0.346 e. The van der Waals surface area contributed by atoms with Gasteiger partial charge in [0.2, 0.25) is 0 Å². The zero-order chi connectivity index (χ0) is 6.97. The maximum Gasteiger partial charge on any atom is 0.126 e. The van der Waals surface area contributed by atoms with Crippen molar-refractivity contribution < 1.29 is 9.78 Å². The van der Waals surface area contributed by atoms with Crippen molar-refractivity contribution in [1.82, 2.24) is 0 Å². The van der Waals surface area contributed by atoms with Gasteiger partial charge < -0.3 is 4.89 Å². The Labute approximate surface area is 60.7 Å². The van der Waals surface area contributed by atoms with Crippen LogP contribution in [-0.4, -0.2) is 6.10 Å². The lowest BCUT2D eigenvalue weighted by molar-refractivity contribution is -0.296. The van der Waals surface area contributed by atoms with Gasteiger partial charge in [-0.25, -0.2) is 0 Å². The lowest BCUT2D eigenvalue weighted by atomic mass is 10.1. The molecule has 1 heterocycles. The monoisotopic (exact) mass is 140 g/mol. The molecular weight excluding hydrogens is 128 g/mol. The van der Waals surface area contributed by atoms with Gasteiger partial charge in [-0.1, -0.05) is 6.92 Å². The van der Waals surface area contributed by atoms with E-state index in [-0.39, 0.29) is 0 Å². The molecule has 0 bridgehead atoms. The van der Waals surface area contributed by atoms with E-state index in [0.717, 1.165) is 12.3 Å². The molecule has 1 saturated carbocycles. The van der Waals surface area contributed by atoms with Crippen molar-refractivity contribution in [3.05, 3.63) is 12.3 Å². The van der Waals surface area contributed by atoms with E-state index in [9.17, 15) is 0 Å². The van der Waals surface area contributed by atoms with Crippen LogP contribution >= 0.6 is 0 Å². The maximum atomic E-state index is 5.09. The highest BCUT2D eigenvalue weighted by atomic mass is 17.2. The summed E-state index contributed by atoms with van der Waals surface area (Å²) in [4.78, 5) is 9.84. The molecule has 3 unspecified atom stereocenters. The molecule has 2 heteroatoms. The van der Waals surface area contributed by atoms with Crippen LogP contribution in [0.4, 0.5) is 0 Å². The van der Waals surface area contributed by atoms with Crippen LogP contribution in [0.3, 0.4) is 0 Å². The fourth-order valence-corrected chi connectivity index (χ4v) is 1.83. The summed E-state index contributed by atoms with van der Waals surface area (Å²) in [6, 6.07) is 0. The Morgan fingerprint density at radius 3 is 3.10 bits per heavy atom. The van der Waals surface area contributed by atoms with Crippen molar-refractivity contribution in [1.29, 1.82) is 0 Å². The third-order valence-electron chi connectivity index (χ3n) is 2.35. The lowest BCUT2D eigenvalue weighted by Crippen LogP contribution is -2.18. The topological polar surface area (TPSA) is 18.5 Å². The molecule has 0 aromatic carbocycles. The van der Waals surface area contributed by atoms with Crippen LogP contribution in [0.1, 0.15) is 19.8 Å². The van der Waals surface area contributed by atoms with Crippen molar-refractivity contribution in [2.45, 2.75) is 25.9 Å². The van der Waals surface area contributed by atoms with Crippen LogP contribution in [0.5, 0.6) is 0 Å². The summed E-state index contributed by atoms with van der Waals surface area (Å²) in [6.07, 6.45) is 6.50. The zero-order valence-corrected chi connectivity index (χ0v) is 6.12. The number of fused-ring (bicyclic) bond motifs is 1. The molecule has 1 aliphatic heterocycles. The molecule has 0 aromatic rings. The highest BCUT2D eigenvalue weighted by molar-refractivity contribution is 4.96. The summed E-state index contributed by atoms with van der Waals surface area (Å²) in [7, 11) is 0. The van der Waals surface area contributed by atoms with Crippen LogP contribution in [0, 0.1) is 11.8 Å². The molecule has 56 valence electrons. The molecule has 0 radical (unpaired) electrons. The van der Waals surface area contributed by atoms with Gasteiger partial charge in [-0.3, -0.25) is 0 Å². The average molecular weight is 140 g/mol. The standard InChI is InChI=1S/C8H12O2/c1-6-4-7-2-3-9-10-8(7)5-6/h2-3,6-8H,4-5H2,1H3. The van der Waals surface area contributed by atoms with Crippen molar-refractivity contribution in [3.63, 3.8) is 0 Å². The van der Waals surface area contributed by atoms with Gasteiger partial charge in [-0.15, -0.1) is 0 Å². The molecule has 2 nitrogen and oxygen atoms in total. The third kappa shape index (κ3) is 0.926. The first-order valence-corrected chi connectivity index (χ1v) is 3.85. The summed E-state index contributed by atoms with van der Waals surface area (Å²) in [6.45, 7) is 2.26. The fourth-order valence-electron chi connectivity index (χ4n) is 1.83. The molecule has 1 fully saturated rings. The third-order valence-corrected chi connectivity index (χ3v) is 2.35. The highest BCUT2D eigenvalue weighted by Gasteiger charge is 2.33. The number of hydrogen-bond donors (Lipinski definition) is 0. The molecule has 0 saturated heterocycles. The molecule has 0 spiro atoms. The Morgan fingerprint density at radius 2 is 2.30 bits per heavy atom. The van der Waals surface area contributed by atoms with E-state index in [1.165, 1.54) is 6.42 Å². The minimum atomic E-state index is 0.333. The van der Waals surface area contributed by atoms with Crippen LogP contribution < -0.4 is 0 Å². The summed E-state index contributed by atoms with van der Waals surface area (Å²) >= 11 is 0. The van der Waals surface area contributed by atoms with Crippen LogP contribution in [0.2, 0.25) is 0 Å². The summed E-state index contributed by atoms with van der Waals surface area (Å²) < 4.78 is 0. The minimum absolute atomic E-state index is 0.333. The van der Waals surface area contributed by atoms with Gasteiger partial charge in [0, 0.05) is 5.92 Å². The molecule has 3 atom stereocenters. The van der Waals surface area contributed by atoms with E-state index in [4.69, 9.17) is 9.78 Å². The summed E-state index contributed by atoms with van der Waals surface area (Å²) in [5.41, 5.74) is 0. The second kappa shape index (κ2) is 2.27. The number of rotatable bonds is 0. The molecule has 0 N–H and O–H groups in total. The van der Waals surface area contributed by atoms with Crippen LogP contribution in [-0.2, 0) is 9.78 Å². The van der Waals surface area contributed by atoms with E-state index >= 15 is 0 Å². The van der Waals surface area contributed by atoms with Crippen molar-refractivity contribution in [3.8, 4) is 0 Å². The van der Waals surface area contributed by atoms with E-state index in [0.29, 0.717) is 12.0 Å². The van der Waals surface area contributed by atoms with E-state index < -0.39 is 0 Å². The molecule has 0 aromatic heterocycles. The Balaban J connectivity index is 2.08. The average Bonchev–Trinajstić information content (AvgIpc) is 2.27. The Bertz CT molecular complexity index is 153. The zero-order valence-electron chi connectivity index (χ0n) is 6.12. The quantitative estimate of drug-likeness (QED) is 0.478. The predicted molar refractivity (Wildman–Crippen MR) is 37.0 cm³/mol. The maximum absolute atomic E-state index is 5.09. The second-order valence-corrected chi connectivity index (χ2v) is 3.30. The Kier molecular flexibility index (Phi) is 1.42. The van der Waals surface area contributed by atoms with Gasteiger partial charge in [-0.2, -0.15) is 4.89 Å². The molecule has 10 heavy (non-hydrogen) atoms. The normalized spacial score (nSPS) is 44.7. The first-order valence-electron chi connectivity index (χ1n) is 3.85. The summed E-state index contributed by atoms with van der Waals surface area (Å²) in [5, 5.41) is 0. The van der Waals surface area contributed by atoms with Gasteiger partial charge >= 0.3 is 0 Å². The van der Waals surface area contributed by atoms with Gasteiger partial charge in [0.25, 0.3) is 0 Å². The smallest absolute Gasteiger partial charge is 0.126 e. The molecule has 1 aliphatic carbocycles. The van der Waals surface area contributed by atoms with Crippen LogP contribution in [0.25, 0.3) is 0 Å². The van der Waals surface area contributed by atoms with Crippen LogP contribution in [0.15, 0.2) is 12.3 Å². The SMILES string of the molecule is CC1CC2C=COOC2C1. The first-order chi connectivity index (χ1) is 4.86. The van der Waals surface area contributed by atoms with Crippen molar-refractivity contribution in [2.24, 2.45) is 11.8 Å². The van der Waals surface area contributed by atoms with E-state index in [2.05, 4.69) is 13.0 Å². The van der Waals surface area contributed by atoms with Gasteiger partial charge in [0.05, 0.1) is 0 Å². The number of hydrogen-bond acceptors (Lipinski definition) is 2. The van der Waals surface area contributed by atoms with Gasteiger partial charge in [-0.05, 0) is 24.8 Å². The van der Waals surface area contributed by atoms with Gasteiger partial charge in [0.15, 0.2) is 0 Å². The van der Waals surface area contributed by atoms with E-state index in [1.54, 1.807) is 6.26 Å². The first kappa shape index (κ1) is 6.23. The predicted octanol–water partition coefficient (Wildman–Crippen LogP) is 1.88. The fraction of sp³-hybridized carbons (Fsp3) is 0.750.